The number of rotatable bonds is 5. The number of halogens is 5. The molecule has 0 atom stereocenters. The SMILES string of the molecule is CCCOc1ccc(/C=C2/C(=O)N(c3c(F)c(F)c(F)c(F)c3F)N=C2C)cc1. The van der Waals surface area contributed by atoms with E-state index in [1.165, 1.54) is 13.0 Å². The molecule has 3 rings (SSSR count). The number of amides is 1. The Hall–Kier alpha value is -3.23. The lowest BCUT2D eigenvalue weighted by Gasteiger charge is -2.15. The highest BCUT2D eigenvalue weighted by atomic mass is 19.2. The molecule has 0 N–H and O–H groups in total. The van der Waals surface area contributed by atoms with E-state index < -0.39 is 40.7 Å². The lowest BCUT2D eigenvalue weighted by molar-refractivity contribution is -0.114. The Labute approximate surface area is 162 Å². The summed E-state index contributed by atoms with van der Waals surface area (Å²) in [5.74, 6) is -11.3. The predicted octanol–water partition coefficient (Wildman–Crippen LogP) is 4.98. The molecule has 0 fully saturated rings. The number of ether oxygens (including phenoxy) is 1. The quantitative estimate of drug-likeness (QED) is 0.302. The summed E-state index contributed by atoms with van der Waals surface area (Å²) in [4.78, 5) is 12.6. The Balaban J connectivity index is 1.95. The van der Waals surface area contributed by atoms with E-state index in [-0.39, 0.29) is 16.3 Å². The van der Waals surface area contributed by atoms with Gasteiger partial charge in [0.15, 0.2) is 23.3 Å². The van der Waals surface area contributed by atoms with E-state index in [4.69, 9.17) is 4.74 Å². The first-order chi connectivity index (χ1) is 13.8. The molecule has 0 aliphatic carbocycles. The summed E-state index contributed by atoms with van der Waals surface area (Å²) in [6.45, 7) is 3.89. The van der Waals surface area contributed by atoms with Crippen molar-refractivity contribution in [3.8, 4) is 5.75 Å². The van der Waals surface area contributed by atoms with Gasteiger partial charge in [0.25, 0.3) is 5.91 Å². The van der Waals surface area contributed by atoms with Crippen molar-refractivity contribution in [2.24, 2.45) is 5.10 Å². The lowest BCUT2D eigenvalue weighted by atomic mass is 10.1. The molecule has 1 amide bonds. The monoisotopic (exact) mass is 410 g/mol. The second-order valence-electron chi connectivity index (χ2n) is 6.20. The molecule has 4 nitrogen and oxygen atoms in total. The summed E-state index contributed by atoms with van der Waals surface area (Å²) in [7, 11) is 0. The molecule has 29 heavy (non-hydrogen) atoms. The highest BCUT2D eigenvalue weighted by molar-refractivity contribution is 6.32. The van der Waals surface area contributed by atoms with E-state index >= 15 is 0 Å². The van der Waals surface area contributed by atoms with Gasteiger partial charge in [-0.1, -0.05) is 19.1 Å². The van der Waals surface area contributed by atoms with Gasteiger partial charge in [0, 0.05) is 0 Å². The first-order valence-corrected chi connectivity index (χ1v) is 8.62. The minimum atomic E-state index is -2.31. The number of anilines is 1. The number of hydrogen-bond acceptors (Lipinski definition) is 3. The highest BCUT2D eigenvalue weighted by Gasteiger charge is 2.36. The van der Waals surface area contributed by atoms with Crippen molar-refractivity contribution < 1.29 is 31.5 Å². The molecule has 1 heterocycles. The third-order valence-electron chi connectivity index (χ3n) is 4.12. The summed E-state index contributed by atoms with van der Waals surface area (Å²) < 4.78 is 73.7. The zero-order chi connectivity index (χ0) is 21.3. The van der Waals surface area contributed by atoms with Crippen LogP contribution in [-0.2, 0) is 4.79 Å². The van der Waals surface area contributed by atoms with E-state index in [2.05, 4.69) is 5.10 Å². The van der Waals surface area contributed by atoms with Crippen molar-refractivity contribution in [1.29, 1.82) is 0 Å². The smallest absolute Gasteiger partial charge is 0.280 e. The van der Waals surface area contributed by atoms with E-state index in [1.54, 1.807) is 24.3 Å². The summed E-state index contributed by atoms with van der Waals surface area (Å²) in [6.07, 6.45) is 2.24. The molecule has 0 spiro atoms. The standard InChI is InChI=1S/C20H15F5N2O2/c1-3-8-29-12-6-4-11(5-7-12)9-13-10(2)26-27(20(13)28)19-17(24)15(22)14(21)16(23)18(19)25/h4-7,9H,3,8H2,1-2H3/b13-9+. The average molecular weight is 410 g/mol. The number of nitrogens with zero attached hydrogens (tertiary/aromatic N) is 2. The predicted molar refractivity (Wildman–Crippen MR) is 97.0 cm³/mol. The van der Waals surface area contributed by atoms with Gasteiger partial charge < -0.3 is 4.74 Å². The molecule has 0 unspecified atom stereocenters. The summed E-state index contributed by atoms with van der Waals surface area (Å²) >= 11 is 0. The largest absolute Gasteiger partial charge is 0.494 e. The van der Waals surface area contributed by atoms with Gasteiger partial charge >= 0.3 is 0 Å². The van der Waals surface area contributed by atoms with Crippen LogP contribution in [0.3, 0.4) is 0 Å². The molecule has 1 aliphatic rings. The van der Waals surface area contributed by atoms with Crippen LogP contribution in [0.25, 0.3) is 6.08 Å². The van der Waals surface area contributed by atoms with Gasteiger partial charge in [0.2, 0.25) is 5.82 Å². The van der Waals surface area contributed by atoms with Crippen molar-refractivity contribution in [1.82, 2.24) is 0 Å². The second-order valence-corrected chi connectivity index (χ2v) is 6.20. The van der Waals surface area contributed by atoms with Gasteiger partial charge in [-0.3, -0.25) is 4.79 Å². The van der Waals surface area contributed by atoms with Crippen LogP contribution in [0.2, 0.25) is 0 Å². The molecule has 0 saturated carbocycles. The molecule has 0 saturated heterocycles. The van der Waals surface area contributed by atoms with E-state index in [1.807, 2.05) is 6.92 Å². The van der Waals surface area contributed by atoms with Crippen LogP contribution in [0.4, 0.5) is 27.6 Å². The van der Waals surface area contributed by atoms with E-state index in [0.29, 0.717) is 17.9 Å². The topological polar surface area (TPSA) is 41.9 Å². The highest BCUT2D eigenvalue weighted by Crippen LogP contribution is 2.34. The molecule has 1 aliphatic heterocycles. The maximum atomic E-state index is 14.0. The van der Waals surface area contributed by atoms with Gasteiger partial charge in [-0.05, 0) is 37.1 Å². The molecule has 0 aromatic heterocycles. The number of hydrazone groups is 1. The van der Waals surface area contributed by atoms with Crippen LogP contribution in [-0.4, -0.2) is 18.2 Å². The van der Waals surface area contributed by atoms with Crippen LogP contribution in [0, 0.1) is 29.1 Å². The fourth-order valence-corrected chi connectivity index (χ4v) is 2.66. The normalized spacial score (nSPS) is 15.3. The Kier molecular flexibility index (Phi) is 5.67. The molecule has 9 heteroatoms. The van der Waals surface area contributed by atoms with Crippen molar-refractivity contribution in [3.05, 3.63) is 64.5 Å². The molecule has 2 aromatic carbocycles. The van der Waals surface area contributed by atoms with Crippen LogP contribution in [0.5, 0.6) is 5.75 Å². The third kappa shape index (κ3) is 3.72. The first kappa shape index (κ1) is 20.5. The maximum absolute atomic E-state index is 14.0. The number of carbonyl (C=O) groups excluding carboxylic acids is 1. The fourth-order valence-electron chi connectivity index (χ4n) is 2.66. The molecule has 0 bridgehead atoms. The minimum Gasteiger partial charge on any atom is -0.494 e. The maximum Gasteiger partial charge on any atom is 0.280 e. The van der Waals surface area contributed by atoms with Gasteiger partial charge in [0.1, 0.15) is 11.4 Å². The number of carbonyl (C=O) groups is 1. The second kappa shape index (κ2) is 8.02. The van der Waals surface area contributed by atoms with Gasteiger partial charge in [0.05, 0.1) is 17.9 Å². The molecular formula is C20H15F5N2O2. The van der Waals surface area contributed by atoms with Crippen molar-refractivity contribution in [3.63, 3.8) is 0 Å². The number of hydrogen-bond donors (Lipinski definition) is 0. The van der Waals surface area contributed by atoms with Crippen LogP contribution >= 0.6 is 0 Å². The lowest BCUT2D eigenvalue weighted by Crippen LogP contribution is -2.25. The van der Waals surface area contributed by atoms with Crippen molar-refractivity contribution in [2.45, 2.75) is 20.3 Å². The summed E-state index contributed by atoms with van der Waals surface area (Å²) in [6, 6.07) is 6.66. The molecule has 2 aromatic rings. The van der Waals surface area contributed by atoms with Gasteiger partial charge in [-0.25, -0.2) is 22.0 Å². The van der Waals surface area contributed by atoms with Crippen molar-refractivity contribution >= 4 is 23.4 Å². The zero-order valence-corrected chi connectivity index (χ0v) is 15.4. The summed E-state index contributed by atoms with van der Waals surface area (Å²) in [5.41, 5.74) is -0.843. The molecule has 0 radical (unpaired) electrons. The Morgan fingerprint density at radius 3 is 2.07 bits per heavy atom. The summed E-state index contributed by atoms with van der Waals surface area (Å²) in [5, 5.41) is 3.86. The number of benzene rings is 2. The van der Waals surface area contributed by atoms with Crippen LogP contribution in [0.1, 0.15) is 25.8 Å². The Morgan fingerprint density at radius 2 is 1.52 bits per heavy atom. The first-order valence-electron chi connectivity index (χ1n) is 8.62. The van der Waals surface area contributed by atoms with Gasteiger partial charge in [-0.15, -0.1) is 0 Å². The Morgan fingerprint density at radius 1 is 0.966 bits per heavy atom. The zero-order valence-electron chi connectivity index (χ0n) is 15.4. The third-order valence-corrected chi connectivity index (χ3v) is 4.12. The van der Waals surface area contributed by atoms with Crippen molar-refractivity contribution in [2.75, 3.05) is 11.6 Å². The Bertz CT molecular complexity index is 1000. The molecule has 152 valence electrons. The van der Waals surface area contributed by atoms with Gasteiger partial charge in [-0.2, -0.15) is 10.1 Å². The molecular weight excluding hydrogens is 395 g/mol. The van der Waals surface area contributed by atoms with Crippen LogP contribution in [0.15, 0.2) is 34.9 Å². The van der Waals surface area contributed by atoms with Crippen LogP contribution < -0.4 is 9.75 Å². The fraction of sp³-hybridized carbons (Fsp3) is 0.200. The average Bonchev–Trinajstić information content (AvgIpc) is 2.98. The van der Waals surface area contributed by atoms with E-state index in [9.17, 15) is 26.7 Å². The minimum absolute atomic E-state index is 0.0452. The van der Waals surface area contributed by atoms with E-state index in [0.717, 1.165) is 6.42 Å².